The molecule has 352 valence electrons. The fourth-order valence-electron chi connectivity index (χ4n) is 7.73. The summed E-state index contributed by atoms with van der Waals surface area (Å²) in [4.78, 5) is 43.6. The van der Waals surface area contributed by atoms with E-state index in [-0.39, 0.29) is 23.6 Å². The molecule has 8 rings (SSSR count). The first-order valence-electron chi connectivity index (χ1n) is 22.9. The molecule has 8 aromatic rings. The molecule has 12 nitrogen and oxygen atoms in total. The number of H-pyrrole nitrogens is 2. The Bertz CT molecular complexity index is 3070. The normalized spacial score (nSPS) is 11.4. The number of carbonyl (C=O) groups is 2. The Morgan fingerprint density at radius 3 is 1.24 bits per heavy atom. The molecule has 0 saturated heterocycles. The average Bonchev–Trinajstić information content (AvgIpc) is 3.86. The zero-order valence-corrected chi connectivity index (χ0v) is 40.2. The molecule has 0 aliphatic heterocycles. The molecule has 70 heavy (non-hydrogen) atoms. The van der Waals surface area contributed by atoms with Gasteiger partial charge in [-0.05, 0) is 102 Å². The maximum atomic E-state index is 11.7. The van der Waals surface area contributed by atoms with Gasteiger partial charge in [-0.1, -0.05) is 109 Å². The van der Waals surface area contributed by atoms with Crippen molar-refractivity contribution in [1.29, 1.82) is 0 Å². The fourth-order valence-corrected chi connectivity index (χ4v) is 7.73. The molecule has 0 unspecified atom stereocenters. The van der Waals surface area contributed by atoms with Crippen LogP contribution in [0.2, 0.25) is 0 Å². The summed E-state index contributed by atoms with van der Waals surface area (Å²) in [5.74, 6) is 10.3. The van der Waals surface area contributed by atoms with E-state index in [1.807, 2.05) is 163 Å². The van der Waals surface area contributed by atoms with E-state index in [2.05, 4.69) is 78.3 Å². The molecule has 0 atom stereocenters. The van der Waals surface area contributed by atoms with Crippen LogP contribution in [-0.4, -0.2) is 94.5 Å². The third kappa shape index (κ3) is 12.8. The number of hydrogen-bond donors (Lipinski definition) is 6. The van der Waals surface area contributed by atoms with Gasteiger partial charge in [0, 0.05) is 71.0 Å². The maximum absolute atomic E-state index is 11.7. The number of carbonyl (C=O) groups excluding carboxylic acids is 2. The van der Waals surface area contributed by atoms with Gasteiger partial charge in [0.15, 0.2) is 11.8 Å². The van der Waals surface area contributed by atoms with E-state index in [9.17, 15) is 19.8 Å². The van der Waals surface area contributed by atoms with E-state index >= 15 is 0 Å². The SMILES string of the molecule is CCNC(=O)C#Cc1ccc2c(C(=Nc3ccc(CN(C)C)cc3)c3ccccc3)c(O)[nH]c2c1.CCNC(=O)C#Cc1ccc2c(C(=Nc3ccc(CN(C)C)cc3)c3ccccc3)c(O)[nH]c2c1. The van der Waals surface area contributed by atoms with Crippen LogP contribution in [0, 0.1) is 23.7 Å². The van der Waals surface area contributed by atoms with Crippen molar-refractivity contribution in [3.05, 3.63) is 190 Å². The highest BCUT2D eigenvalue weighted by molar-refractivity contribution is 6.23. The number of aliphatic imine (C=N–C) groups is 2. The van der Waals surface area contributed by atoms with Gasteiger partial charge >= 0.3 is 0 Å². The van der Waals surface area contributed by atoms with Crippen LogP contribution in [0.15, 0.2) is 156 Å². The molecular formula is C58H56N8O4. The van der Waals surface area contributed by atoms with Crippen molar-refractivity contribution in [2.45, 2.75) is 26.9 Å². The third-order valence-corrected chi connectivity index (χ3v) is 10.8. The number of benzene rings is 6. The second-order valence-corrected chi connectivity index (χ2v) is 16.9. The van der Waals surface area contributed by atoms with Crippen molar-refractivity contribution in [3.63, 3.8) is 0 Å². The molecule has 0 spiro atoms. The average molecular weight is 929 g/mol. The van der Waals surface area contributed by atoms with Gasteiger partial charge < -0.3 is 40.6 Å². The smallest absolute Gasteiger partial charge is 0.296 e. The van der Waals surface area contributed by atoms with E-state index in [0.717, 1.165) is 46.4 Å². The van der Waals surface area contributed by atoms with Crippen molar-refractivity contribution >= 4 is 56.4 Å². The molecule has 2 aromatic heterocycles. The van der Waals surface area contributed by atoms with Crippen LogP contribution >= 0.6 is 0 Å². The number of aromatic amines is 2. The minimum Gasteiger partial charge on any atom is -0.494 e. The lowest BCUT2D eigenvalue weighted by Crippen LogP contribution is -2.20. The predicted octanol–water partition coefficient (Wildman–Crippen LogP) is 9.18. The van der Waals surface area contributed by atoms with Crippen LogP contribution < -0.4 is 10.6 Å². The van der Waals surface area contributed by atoms with Gasteiger partial charge in [0.1, 0.15) is 0 Å². The zero-order valence-electron chi connectivity index (χ0n) is 40.2. The van der Waals surface area contributed by atoms with Gasteiger partial charge in [0.05, 0.1) is 45.0 Å². The topological polar surface area (TPSA) is 161 Å². The van der Waals surface area contributed by atoms with E-state index in [4.69, 9.17) is 9.98 Å². The standard InChI is InChI=1S/2C29H28N4O2/c2*1-4-30-26(34)17-13-20-12-16-24-25(18-20)32-29(35)27(24)28(22-8-6-5-7-9-22)31-23-14-10-21(11-15-23)19-33(2)3/h2*5-12,14-16,18,32,35H,4,19H2,1-3H3,(H,30,34). The predicted molar refractivity (Wildman–Crippen MR) is 282 cm³/mol. The number of fused-ring (bicyclic) bond motifs is 2. The Balaban J connectivity index is 0.000000206. The Morgan fingerprint density at radius 2 is 0.900 bits per heavy atom. The Morgan fingerprint density at radius 1 is 0.529 bits per heavy atom. The second kappa shape index (κ2) is 23.4. The molecule has 6 N–H and O–H groups in total. The first-order valence-corrected chi connectivity index (χ1v) is 22.9. The van der Waals surface area contributed by atoms with Gasteiger partial charge in [-0.25, -0.2) is 9.98 Å². The lowest BCUT2D eigenvalue weighted by Gasteiger charge is -2.10. The van der Waals surface area contributed by atoms with Gasteiger partial charge in [0.25, 0.3) is 11.8 Å². The van der Waals surface area contributed by atoms with Gasteiger partial charge in [-0.15, -0.1) is 0 Å². The molecule has 0 aliphatic carbocycles. The van der Waals surface area contributed by atoms with Crippen LogP contribution in [-0.2, 0) is 22.7 Å². The van der Waals surface area contributed by atoms with Gasteiger partial charge in [0.2, 0.25) is 0 Å². The quantitative estimate of drug-likeness (QED) is 0.0529. The number of hydrogen-bond acceptors (Lipinski definition) is 8. The highest BCUT2D eigenvalue weighted by atomic mass is 16.3. The Hall–Kier alpha value is -8.68. The minimum atomic E-state index is -0.322. The minimum absolute atomic E-state index is 0.0284. The highest BCUT2D eigenvalue weighted by Gasteiger charge is 2.20. The number of aromatic nitrogens is 2. The molecule has 0 bridgehead atoms. The van der Waals surface area contributed by atoms with E-state index in [1.165, 1.54) is 11.1 Å². The van der Waals surface area contributed by atoms with Crippen molar-refractivity contribution in [2.24, 2.45) is 9.98 Å². The summed E-state index contributed by atoms with van der Waals surface area (Å²) in [7, 11) is 8.15. The third-order valence-electron chi connectivity index (χ3n) is 10.8. The highest BCUT2D eigenvalue weighted by Crippen LogP contribution is 2.34. The summed E-state index contributed by atoms with van der Waals surface area (Å²) in [5, 5.41) is 28.8. The molecule has 12 heteroatoms. The summed E-state index contributed by atoms with van der Waals surface area (Å²) in [5.41, 5.74) is 11.1. The van der Waals surface area contributed by atoms with Crippen LogP contribution in [0.25, 0.3) is 21.8 Å². The number of rotatable bonds is 12. The summed E-state index contributed by atoms with van der Waals surface area (Å²) < 4.78 is 0. The first-order chi connectivity index (χ1) is 33.9. The number of aromatic hydroxyl groups is 2. The van der Waals surface area contributed by atoms with Crippen molar-refractivity contribution in [1.82, 2.24) is 30.4 Å². The molecule has 2 amide bonds. The number of amides is 2. The maximum Gasteiger partial charge on any atom is 0.296 e. The first kappa shape index (κ1) is 49.2. The van der Waals surface area contributed by atoms with E-state index < -0.39 is 0 Å². The Kier molecular flexibility index (Phi) is 16.4. The van der Waals surface area contributed by atoms with Crippen LogP contribution in [0.1, 0.15) is 58.4 Å². The summed E-state index contributed by atoms with van der Waals surface area (Å²) >= 11 is 0. The van der Waals surface area contributed by atoms with Crippen molar-refractivity contribution in [2.75, 3.05) is 41.3 Å². The van der Waals surface area contributed by atoms with Gasteiger partial charge in [-0.2, -0.15) is 0 Å². The number of nitrogens with one attached hydrogen (secondary N) is 4. The molecule has 6 aromatic carbocycles. The number of nitrogens with zero attached hydrogens (tertiary/aromatic N) is 4. The Labute approximate surface area is 408 Å². The summed E-state index contributed by atoms with van der Waals surface area (Å²) in [6.07, 6.45) is 0. The van der Waals surface area contributed by atoms with Crippen molar-refractivity contribution in [3.8, 4) is 35.4 Å². The fraction of sp³-hybridized carbons (Fsp3) is 0.172. The molecular weight excluding hydrogens is 873 g/mol. The molecule has 2 heterocycles. The lowest BCUT2D eigenvalue weighted by atomic mass is 10.00. The van der Waals surface area contributed by atoms with Gasteiger partial charge in [-0.3, -0.25) is 9.59 Å². The summed E-state index contributed by atoms with van der Waals surface area (Å²) in [6.45, 7) is 6.45. The largest absolute Gasteiger partial charge is 0.494 e. The molecule has 0 radical (unpaired) electrons. The monoisotopic (exact) mass is 928 g/mol. The molecule has 0 aliphatic rings. The molecule has 0 fully saturated rings. The van der Waals surface area contributed by atoms with E-state index in [1.54, 1.807) is 0 Å². The van der Waals surface area contributed by atoms with Crippen LogP contribution in [0.3, 0.4) is 0 Å². The van der Waals surface area contributed by atoms with Crippen LogP contribution in [0.4, 0.5) is 11.4 Å². The van der Waals surface area contributed by atoms with Crippen molar-refractivity contribution < 1.29 is 19.8 Å². The second-order valence-electron chi connectivity index (χ2n) is 16.9. The van der Waals surface area contributed by atoms with E-state index in [0.29, 0.717) is 57.8 Å². The zero-order chi connectivity index (χ0) is 49.6. The van der Waals surface area contributed by atoms with Crippen LogP contribution in [0.5, 0.6) is 11.8 Å². The lowest BCUT2D eigenvalue weighted by molar-refractivity contribution is -0.116. The summed E-state index contributed by atoms with van der Waals surface area (Å²) in [6, 6.07) is 46.9. The molecule has 0 saturated carbocycles.